The summed E-state index contributed by atoms with van der Waals surface area (Å²) in [5.41, 5.74) is 0. The number of rotatable bonds is 3. The monoisotopic (exact) mass is 96.1 g/mol. The third-order valence-electron chi connectivity index (χ3n) is 0.390. The van der Waals surface area contributed by atoms with Crippen LogP contribution in [0.5, 0.6) is 0 Å². The summed E-state index contributed by atoms with van der Waals surface area (Å²) in [6, 6.07) is 0. The van der Waals surface area contributed by atoms with Crippen LogP contribution in [0, 0.1) is 0 Å². The normalized spacial score (nSPS) is 6.43. The van der Waals surface area contributed by atoms with E-state index in [0.29, 0.717) is 13.1 Å². The van der Waals surface area contributed by atoms with Gasteiger partial charge < -0.3 is 4.74 Å². The molecule has 7 heavy (non-hydrogen) atoms. The summed E-state index contributed by atoms with van der Waals surface area (Å²) in [7, 11) is 0. The first-order valence-electron chi connectivity index (χ1n) is 1.97. The van der Waals surface area contributed by atoms with Crippen molar-refractivity contribution in [2.45, 2.75) is 13.3 Å². The van der Waals surface area contributed by atoms with Crippen molar-refractivity contribution in [1.82, 2.24) is 0 Å². The van der Waals surface area contributed by atoms with Crippen molar-refractivity contribution in [3.63, 3.8) is 0 Å². The maximum atomic E-state index is 9.34. The summed E-state index contributed by atoms with van der Waals surface area (Å²) in [5.74, 6) is 0. The molecule has 0 fully saturated rings. The summed E-state index contributed by atoms with van der Waals surface area (Å²) in [6.07, 6.45) is 0.902. The van der Waals surface area contributed by atoms with Crippen molar-refractivity contribution in [2.24, 2.45) is 0 Å². The van der Waals surface area contributed by atoms with Gasteiger partial charge in [-0.25, -0.2) is 0 Å². The summed E-state index contributed by atoms with van der Waals surface area (Å²) in [6.45, 7) is 2.95. The van der Waals surface area contributed by atoms with E-state index in [0.717, 1.165) is 6.42 Å². The van der Waals surface area contributed by atoms with Crippen LogP contribution in [-0.2, 0) is 9.53 Å². The fraction of sp³-hybridized carbons (Fsp3) is 0.750. The Kier molecular flexibility index (Phi) is 13.6. The van der Waals surface area contributed by atoms with E-state index in [-0.39, 0.29) is 18.9 Å². The molecule has 0 bridgehead atoms. The van der Waals surface area contributed by atoms with Gasteiger partial charge in [-0.2, -0.15) is 0 Å². The predicted molar refractivity (Wildman–Crippen MR) is 29.5 cm³/mol. The van der Waals surface area contributed by atoms with Crippen molar-refractivity contribution in [2.75, 3.05) is 6.61 Å². The van der Waals surface area contributed by atoms with Gasteiger partial charge in [-0.05, 0) is 6.42 Å². The molecular weight excluding hydrogens is 87.0 g/mol. The number of ether oxygens (including phenoxy) is 1. The Labute approximate surface area is 55.4 Å². The van der Waals surface area contributed by atoms with Crippen LogP contribution < -0.4 is 0 Å². The zero-order valence-electron chi connectivity index (χ0n) is 3.81. The maximum absolute atomic E-state index is 9.34. The van der Waals surface area contributed by atoms with Crippen LogP contribution >= 0.6 is 0 Å². The molecule has 0 heterocycles. The van der Waals surface area contributed by atoms with E-state index in [4.69, 9.17) is 0 Å². The third-order valence-corrected chi connectivity index (χ3v) is 0.390. The van der Waals surface area contributed by atoms with Crippen LogP contribution in [0.15, 0.2) is 0 Å². The second kappa shape index (κ2) is 9.42. The first-order valence-corrected chi connectivity index (χ1v) is 1.97. The zero-order valence-corrected chi connectivity index (χ0v) is 3.81. The second-order valence-electron chi connectivity index (χ2n) is 0.967. The standard InChI is InChI=1S/C4H8O2.Li.H/c1-2-3-6-4-5;;/h4H,2-3H2,1H3;;. The molecule has 0 atom stereocenters. The van der Waals surface area contributed by atoms with Crippen molar-refractivity contribution in [3.8, 4) is 0 Å². The molecule has 0 aliphatic rings. The summed E-state index contributed by atoms with van der Waals surface area (Å²) in [5, 5.41) is 0. The number of carbonyl (C=O) groups is 1. The third kappa shape index (κ3) is 10.7. The first-order chi connectivity index (χ1) is 2.91. The second-order valence-corrected chi connectivity index (χ2v) is 0.967. The van der Waals surface area contributed by atoms with Crippen LogP contribution in [0.2, 0.25) is 0 Å². The molecule has 0 rings (SSSR count). The molecule has 0 aliphatic heterocycles. The Hall–Kier alpha value is 0.0674. The minimum absolute atomic E-state index is 0. The molecule has 3 heteroatoms. The van der Waals surface area contributed by atoms with Crippen LogP contribution in [0.4, 0.5) is 0 Å². The van der Waals surface area contributed by atoms with Gasteiger partial charge in [0.2, 0.25) is 0 Å². The van der Waals surface area contributed by atoms with Gasteiger partial charge in [-0.1, -0.05) is 6.92 Å². The number of hydrogen-bond acceptors (Lipinski definition) is 2. The van der Waals surface area contributed by atoms with Gasteiger partial charge in [-0.15, -0.1) is 0 Å². The Bertz CT molecular complexity index is 38.7. The van der Waals surface area contributed by atoms with Crippen LogP contribution in [-0.4, -0.2) is 31.9 Å². The van der Waals surface area contributed by atoms with Crippen LogP contribution in [0.1, 0.15) is 13.3 Å². The average molecular weight is 96.1 g/mol. The Balaban J connectivity index is 0. The quantitative estimate of drug-likeness (QED) is 0.279. The van der Waals surface area contributed by atoms with Gasteiger partial charge in [-0.3, -0.25) is 4.79 Å². The van der Waals surface area contributed by atoms with Gasteiger partial charge in [0.1, 0.15) is 0 Å². The summed E-state index contributed by atoms with van der Waals surface area (Å²) >= 11 is 0. The van der Waals surface area contributed by atoms with Gasteiger partial charge in [0.05, 0.1) is 6.61 Å². The van der Waals surface area contributed by atoms with Gasteiger partial charge in [0.15, 0.2) is 0 Å². The summed E-state index contributed by atoms with van der Waals surface area (Å²) in [4.78, 5) is 9.34. The van der Waals surface area contributed by atoms with E-state index >= 15 is 0 Å². The molecule has 2 nitrogen and oxygen atoms in total. The van der Waals surface area contributed by atoms with E-state index in [2.05, 4.69) is 4.74 Å². The van der Waals surface area contributed by atoms with Crippen molar-refractivity contribution >= 4 is 25.3 Å². The van der Waals surface area contributed by atoms with Crippen molar-refractivity contribution in [1.29, 1.82) is 0 Å². The molecule has 0 radical (unpaired) electrons. The number of carbonyl (C=O) groups excluding carboxylic acids is 1. The molecule has 0 saturated carbocycles. The topological polar surface area (TPSA) is 26.3 Å². The number of hydrogen-bond donors (Lipinski definition) is 0. The molecule has 38 valence electrons. The Morgan fingerprint density at radius 1 is 1.71 bits per heavy atom. The van der Waals surface area contributed by atoms with Crippen molar-refractivity contribution in [3.05, 3.63) is 0 Å². The summed E-state index contributed by atoms with van der Waals surface area (Å²) < 4.78 is 4.30. The van der Waals surface area contributed by atoms with Crippen molar-refractivity contribution < 1.29 is 9.53 Å². The Morgan fingerprint density at radius 2 is 2.29 bits per heavy atom. The molecule has 0 unspecified atom stereocenters. The molecule has 0 aromatic carbocycles. The molecular formula is C4H9LiO2. The fourth-order valence-electron chi connectivity index (χ4n) is 0.166. The van der Waals surface area contributed by atoms with E-state index in [1.165, 1.54) is 0 Å². The van der Waals surface area contributed by atoms with Crippen LogP contribution in [0.25, 0.3) is 0 Å². The molecule has 0 aliphatic carbocycles. The molecule has 0 aromatic heterocycles. The van der Waals surface area contributed by atoms with Gasteiger partial charge in [0, 0.05) is 0 Å². The average Bonchev–Trinajstić information content (AvgIpc) is 1.61. The SMILES string of the molecule is CCCOC=O.[LiH]. The molecule has 0 saturated heterocycles. The molecule has 0 amide bonds. The zero-order chi connectivity index (χ0) is 4.83. The van der Waals surface area contributed by atoms with Crippen LogP contribution in [0.3, 0.4) is 0 Å². The van der Waals surface area contributed by atoms with Gasteiger partial charge in [0.25, 0.3) is 6.47 Å². The molecule has 0 N–H and O–H groups in total. The van der Waals surface area contributed by atoms with E-state index in [9.17, 15) is 4.79 Å². The van der Waals surface area contributed by atoms with E-state index in [1.807, 2.05) is 6.92 Å². The van der Waals surface area contributed by atoms with E-state index in [1.54, 1.807) is 0 Å². The van der Waals surface area contributed by atoms with E-state index < -0.39 is 0 Å². The molecule has 0 spiro atoms. The minimum atomic E-state index is 0. The first kappa shape index (κ1) is 10.1. The predicted octanol–water partition coefficient (Wildman–Crippen LogP) is -0.0791. The van der Waals surface area contributed by atoms with Gasteiger partial charge >= 0.3 is 18.9 Å². The molecule has 0 aromatic rings. The Morgan fingerprint density at radius 3 is 2.43 bits per heavy atom. The fourth-order valence-corrected chi connectivity index (χ4v) is 0.166.